The van der Waals surface area contributed by atoms with E-state index in [0.717, 1.165) is 25.7 Å². The molecular weight excluding hydrogens is 280 g/mol. The second-order valence-electron chi connectivity index (χ2n) is 5.13. The minimum Gasteiger partial charge on any atom is -0.453 e. The lowest BCUT2D eigenvalue weighted by Gasteiger charge is -2.39. The highest BCUT2D eigenvalue weighted by molar-refractivity contribution is 6.33. The topological polar surface area (TPSA) is 44.8 Å². The van der Waals surface area contributed by atoms with Crippen LogP contribution in [0.4, 0.5) is 0 Å². The Morgan fingerprint density at radius 2 is 2.00 bits per heavy atom. The van der Waals surface area contributed by atoms with Gasteiger partial charge >= 0.3 is 5.97 Å². The number of carbonyl (C=O) groups excluding carboxylic acids is 1. The summed E-state index contributed by atoms with van der Waals surface area (Å²) in [7, 11) is 0. The van der Waals surface area contributed by atoms with E-state index in [1.165, 1.54) is 0 Å². The smallest absolute Gasteiger partial charge is 0.340 e. The van der Waals surface area contributed by atoms with Gasteiger partial charge in [-0.05, 0) is 31.4 Å². The van der Waals surface area contributed by atoms with Crippen LogP contribution in [0, 0.1) is 0 Å². The largest absolute Gasteiger partial charge is 0.453 e. The number of halogens is 1. The molecule has 0 radical (unpaired) electrons. The van der Waals surface area contributed by atoms with Crippen molar-refractivity contribution in [1.29, 1.82) is 0 Å². The van der Waals surface area contributed by atoms with Crippen molar-refractivity contribution < 1.29 is 19.0 Å². The molecule has 1 spiro atoms. The van der Waals surface area contributed by atoms with Crippen molar-refractivity contribution in [3.05, 3.63) is 34.9 Å². The third-order valence-corrected chi connectivity index (χ3v) is 4.14. The maximum Gasteiger partial charge on any atom is 0.340 e. The minimum atomic E-state index is -0.741. The molecule has 5 heteroatoms. The van der Waals surface area contributed by atoms with Crippen LogP contribution in [0.15, 0.2) is 24.3 Å². The molecule has 2 fully saturated rings. The lowest BCUT2D eigenvalue weighted by atomic mass is 9.99. The zero-order valence-corrected chi connectivity index (χ0v) is 11.9. The van der Waals surface area contributed by atoms with Crippen molar-refractivity contribution in [2.24, 2.45) is 0 Å². The minimum absolute atomic E-state index is 0.359. The van der Waals surface area contributed by atoms with E-state index in [9.17, 15) is 4.79 Å². The first-order chi connectivity index (χ1) is 9.71. The summed E-state index contributed by atoms with van der Waals surface area (Å²) in [6.07, 6.45) is 2.97. The van der Waals surface area contributed by atoms with Gasteiger partial charge in [0.05, 0.1) is 23.8 Å². The first-order valence-corrected chi connectivity index (χ1v) is 7.32. The molecule has 108 valence electrons. The predicted octanol–water partition coefficient (Wildman–Crippen LogP) is 3.18. The van der Waals surface area contributed by atoms with Gasteiger partial charge < -0.3 is 14.2 Å². The second-order valence-corrected chi connectivity index (χ2v) is 5.54. The summed E-state index contributed by atoms with van der Waals surface area (Å²) < 4.78 is 17.1. The zero-order chi connectivity index (χ0) is 14.0. The number of rotatable bonds is 2. The molecule has 2 aliphatic rings. The van der Waals surface area contributed by atoms with E-state index < -0.39 is 11.8 Å². The predicted molar refractivity (Wildman–Crippen MR) is 73.8 cm³/mol. The average Bonchev–Trinajstić information content (AvgIpc) is 2.91. The lowest BCUT2D eigenvalue weighted by molar-refractivity contribution is -0.277. The Morgan fingerprint density at radius 1 is 1.25 bits per heavy atom. The monoisotopic (exact) mass is 296 g/mol. The fourth-order valence-corrected chi connectivity index (χ4v) is 3.01. The van der Waals surface area contributed by atoms with Gasteiger partial charge in [-0.1, -0.05) is 23.7 Å². The summed E-state index contributed by atoms with van der Waals surface area (Å²) in [6.45, 7) is 1.31. The summed E-state index contributed by atoms with van der Waals surface area (Å²) >= 11 is 6.02. The quantitative estimate of drug-likeness (QED) is 0.786. The van der Waals surface area contributed by atoms with Crippen molar-refractivity contribution in [3.63, 3.8) is 0 Å². The number of carbonyl (C=O) groups is 1. The van der Waals surface area contributed by atoms with Crippen LogP contribution in [0.3, 0.4) is 0 Å². The van der Waals surface area contributed by atoms with Crippen molar-refractivity contribution in [2.45, 2.75) is 37.6 Å². The van der Waals surface area contributed by atoms with E-state index in [0.29, 0.717) is 23.8 Å². The standard InChI is InChI=1S/C15H17ClO4/c16-12-6-2-1-5-11(12)14(17)20-13-7-3-9-18-15(13)8-4-10-19-15/h1-2,5-6,13H,3-4,7-10H2. The van der Waals surface area contributed by atoms with Gasteiger partial charge in [0, 0.05) is 6.42 Å². The summed E-state index contributed by atoms with van der Waals surface area (Å²) in [5, 5.41) is 0.399. The summed E-state index contributed by atoms with van der Waals surface area (Å²) in [5.74, 6) is -1.16. The van der Waals surface area contributed by atoms with Gasteiger partial charge in [-0.2, -0.15) is 0 Å². The van der Waals surface area contributed by atoms with Crippen LogP contribution in [-0.2, 0) is 14.2 Å². The van der Waals surface area contributed by atoms with Crippen LogP contribution in [-0.4, -0.2) is 31.1 Å². The van der Waals surface area contributed by atoms with Gasteiger partial charge in [-0.15, -0.1) is 0 Å². The van der Waals surface area contributed by atoms with Crippen molar-refractivity contribution in [2.75, 3.05) is 13.2 Å². The van der Waals surface area contributed by atoms with E-state index in [1.807, 2.05) is 0 Å². The molecule has 3 rings (SSSR count). The molecule has 20 heavy (non-hydrogen) atoms. The SMILES string of the molecule is O=C(OC1CCCOC12CCCO2)c1ccccc1Cl. The van der Waals surface area contributed by atoms with Crippen LogP contribution >= 0.6 is 11.6 Å². The molecule has 0 amide bonds. The van der Waals surface area contributed by atoms with E-state index in [4.69, 9.17) is 25.8 Å². The van der Waals surface area contributed by atoms with Crippen LogP contribution in [0.25, 0.3) is 0 Å². The van der Waals surface area contributed by atoms with Crippen LogP contribution in [0.2, 0.25) is 5.02 Å². The number of esters is 1. The molecule has 0 N–H and O–H groups in total. The molecule has 0 aromatic heterocycles. The lowest BCUT2D eigenvalue weighted by Crippen LogP contribution is -2.50. The van der Waals surface area contributed by atoms with E-state index in [1.54, 1.807) is 24.3 Å². The summed E-state index contributed by atoms with van der Waals surface area (Å²) in [4.78, 5) is 12.3. The molecule has 1 aromatic rings. The van der Waals surface area contributed by atoms with Crippen molar-refractivity contribution in [1.82, 2.24) is 0 Å². The molecule has 0 aliphatic carbocycles. The van der Waals surface area contributed by atoms with E-state index in [-0.39, 0.29) is 6.10 Å². The molecule has 2 aliphatic heterocycles. The van der Waals surface area contributed by atoms with Gasteiger partial charge in [0.2, 0.25) is 5.79 Å². The van der Waals surface area contributed by atoms with E-state index >= 15 is 0 Å². The average molecular weight is 297 g/mol. The fourth-order valence-electron chi connectivity index (χ4n) is 2.80. The first kappa shape index (κ1) is 13.9. The molecule has 2 saturated heterocycles. The number of hydrogen-bond donors (Lipinski definition) is 0. The Bertz CT molecular complexity index is 496. The molecule has 2 atom stereocenters. The highest BCUT2D eigenvalue weighted by atomic mass is 35.5. The van der Waals surface area contributed by atoms with E-state index in [2.05, 4.69) is 0 Å². The fraction of sp³-hybridized carbons (Fsp3) is 0.533. The first-order valence-electron chi connectivity index (χ1n) is 6.95. The molecule has 1 aromatic carbocycles. The number of ether oxygens (including phenoxy) is 3. The Labute approximate surface area is 123 Å². The molecular formula is C15H17ClO4. The third kappa shape index (κ3) is 2.55. The van der Waals surface area contributed by atoms with Gasteiger partial charge in [0.1, 0.15) is 0 Å². The Kier molecular flexibility index (Phi) is 3.96. The molecule has 2 heterocycles. The van der Waals surface area contributed by atoms with Crippen LogP contribution in [0.1, 0.15) is 36.0 Å². The number of benzene rings is 1. The highest BCUT2D eigenvalue weighted by Gasteiger charge is 2.48. The summed E-state index contributed by atoms with van der Waals surface area (Å²) in [6, 6.07) is 6.89. The highest BCUT2D eigenvalue weighted by Crippen LogP contribution is 2.38. The molecule has 0 bridgehead atoms. The van der Waals surface area contributed by atoms with Crippen LogP contribution in [0.5, 0.6) is 0 Å². The normalized spacial score (nSPS) is 29.6. The maximum absolute atomic E-state index is 12.3. The number of hydrogen-bond acceptors (Lipinski definition) is 4. The Morgan fingerprint density at radius 3 is 2.75 bits per heavy atom. The Balaban J connectivity index is 1.76. The van der Waals surface area contributed by atoms with Crippen molar-refractivity contribution >= 4 is 17.6 Å². The third-order valence-electron chi connectivity index (χ3n) is 3.81. The van der Waals surface area contributed by atoms with Crippen molar-refractivity contribution in [3.8, 4) is 0 Å². The summed E-state index contributed by atoms with van der Waals surface area (Å²) in [5.41, 5.74) is 0.382. The Hall–Kier alpha value is -1.10. The van der Waals surface area contributed by atoms with Gasteiger partial charge in [-0.3, -0.25) is 0 Å². The van der Waals surface area contributed by atoms with Crippen LogP contribution < -0.4 is 0 Å². The molecule has 2 unspecified atom stereocenters. The molecule has 0 saturated carbocycles. The maximum atomic E-state index is 12.3. The van der Waals surface area contributed by atoms with Gasteiger partial charge in [-0.25, -0.2) is 4.79 Å². The van der Waals surface area contributed by atoms with Gasteiger partial charge in [0.15, 0.2) is 6.10 Å². The van der Waals surface area contributed by atoms with Gasteiger partial charge in [0.25, 0.3) is 0 Å². The second kappa shape index (κ2) is 5.72. The molecule has 4 nitrogen and oxygen atoms in total. The zero-order valence-electron chi connectivity index (χ0n) is 11.1.